The molecule has 0 aliphatic carbocycles. The highest BCUT2D eigenvalue weighted by Crippen LogP contribution is 2.41. The third kappa shape index (κ3) is 2.38. The Bertz CT molecular complexity index is 922. The van der Waals surface area contributed by atoms with Gasteiger partial charge in [-0.1, -0.05) is 24.3 Å². The maximum absolute atomic E-state index is 14.1. The van der Waals surface area contributed by atoms with E-state index in [2.05, 4.69) is 15.3 Å². The first-order valence-electron chi connectivity index (χ1n) is 8.83. The minimum absolute atomic E-state index is 0.296. The van der Waals surface area contributed by atoms with Crippen LogP contribution in [0.25, 0.3) is 22.2 Å². The van der Waals surface area contributed by atoms with Crippen LogP contribution < -0.4 is 5.32 Å². The van der Waals surface area contributed by atoms with Gasteiger partial charge in [0.25, 0.3) is 0 Å². The summed E-state index contributed by atoms with van der Waals surface area (Å²) in [5, 5.41) is 15.2. The van der Waals surface area contributed by atoms with Crippen LogP contribution in [0.2, 0.25) is 0 Å². The molecule has 2 fully saturated rings. The molecule has 0 saturated carbocycles. The largest absolute Gasteiger partial charge is 0.385 e. The lowest BCUT2D eigenvalue weighted by Crippen LogP contribution is -2.46. The van der Waals surface area contributed by atoms with E-state index in [1.807, 2.05) is 30.3 Å². The zero-order valence-corrected chi connectivity index (χ0v) is 13.8. The first-order valence-corrected chi connectivity index (χ1v) is 8.83. The van der Waals surface area contributed by atoms with Crippen LogP contribution in [0.4, 0.5) is 4.39 Å². The van der Waals surface area contributed by atoms with Crippen molar-refractivity contribution in [1.82, 2.24) is 15.3 Å². The molecule has 1 aromatic carbocycles. The van der Waals surface area contributed by atoms with E-state index >= 15 is 0 Å². The molecule has 1 unspecified atom stereocenters. The molecule has 0 amide bonds. The summed E-state index contributed by atoms with van der Waals surface area (Å²) in [5.41, 5.74) is 2.48. The Labute approximate surface area is 145 Å². The summed E-state index contributed by atoms with van der Waals surface area (Å²) in [5.74, 6) is -0.296. The number of fused-ring (bicyclic) bond motifs is 3. The third-order valence-corrected chi connectivity index (χ3v) is 5.76. The van der Waals surface area contributed by atoms with Gasteiger partial charge in [-0.25, -0.2) is 9.37 Å². The van der Waals surface area contributed by atoms with E-state index in [1.54, 1.807) is 6.20 Å². The molecule has 3 aromatic rings. The Kier molecular flexibility index (Phi) is 3.24. The molecule has 0 radical (unpaired) electrons. The van der Waals surface area contributed by atoms with Crippen LogP contribution in [0.5, 0.6) is 0 Å². The minimum atomic E-state index is -0.761. The van der Waals surface area contributed by atoms with Crippen molar-refractivity contribution in [2.24, 2.45) is 0 Å². The molecule has 3 N–H and O–H groups in total. The quantitative estimate of drug-likeness (QED) is 0.671. The molecule has 0 spiro atoms. The van der Waals surface area contributed by atoms with Crippen molar-refractivity contribution in [3.8, 4) is 11.1 Å². The number of aromatic amines is 1. The number of benzene rings is 1. The molecule has 4 heterocycles. The minimum Gasteiger partial charge on any atom is -0.385 e. The highest BCUT2D eigenvalue weighted by atomic mass is 19.1. The van der Waals surface area contributed by atoms with Crippen LogP contribution in [-0.4, -0.2) is 27.2 Å². The number of aromatic nitrogens is 2. The van der Waals surface area contributed by atoms with Crippen molar-refractivity contribution in [1.29, 1.82) is 0 Å². The van der Waals surface area contributed by atoms with Crippen LogP contribution in [0.15, 0.2) is 42.7 Å². The van der Waals surface area contributed by atoms with Gasteiger partial charge >= 0.3 is 0 Å². The summed E-state index contributed by atoms with van der Waals surface area (Å²) in [7, 11) is 0. The molecule has 4 nitrogen and oxygen atoms in total. The fourth-order valence-electron chi connectivity index (χ4n) is 4.58. The molecule has 2 aliphatic heterocycles. The number of nitrogens with zero attached hydrogens (tertiary/aromatic N) is 1. The van der Waals surface area contributed by atoms with E-state index in [-0.39, 0.29) is 5.82 Å². The van der Waals surface area contributed by atoms with Crippen molar-refractivity contribution in [3.63, 3.8) is 0 Å². The smallest absolute Gasteiger partial charge is 0.150 e. The fourth-order valence-corrected chi connectivity index (χ4v) is 4.58. The Morgan fingerprint density at radius 3 is 2.52 bits per heavy atom. The average molecular weight is 337 g/mol. The van der Waals surface area contributed by atoms with E-state index in [1.165, 1.54) is 6.20 Å². The van der Waals surface area contributed by atoms with Crippen molar-refractivity contribution >= 4 is 11.0 Å². The van der Waals surface area contributed by atoms with Gasteiger partial charge in [-0.3, -0.25) is 0 Å². The second-order valence-corrected chi connectivity index (χ2v) is 7.37. The van der Waals surface area contributed by atoms with Crippen molar-refractivity contribution < 1.29 is 9.50 Å². The monoisotopic (exact) mass is 337 g/mol. The summed E-state index contributed by atoms with van der Waals surface area (Å²) < 4.78 is 14.1. The predicted molar refractivity (Wildman–Crippen MR) is 94.6 cm³/mol. The fraction of sp³-hybridized carbons (Fsp3) is 0.350. The highest BCUT2D eigenvalue weighted by molar-refractivity contribution is 5.93. The molecular formula is C20H20FN3O. The predicted octanol–water partition coefficient (Wildman–Crippen LogP) is 3.47. The second kappa shape index (κ2) is 5.38. The van der Waals surface area contributed by atoms with Gasteiger partial charge in [0.05, 0.1) is 11.0 Å². The first kappa shape index (κ1) is 15.0. The van der Waals surface area contributed by atoms with Gasteiger partial charge in [0.2, 0.25) is 0 Å². The molecule has 5 rings (SSSR count). The van der Waals surface area contributed by atoms with Gasteiger partial charge in [0, 0.05) is 24.5 Å². The first-order chi connectivity index (χ1) is 12.1. The number of aliphatic hydroxyl groups is 1. The van der Waals surface area contributed by atoms with Gasteiger partial charge in [0.1, 0.15) is 5.65 Å². The molecule has 5 heteroatoms. The van der Waals surface area contributed by atoms with Crippen molar-refractivity contribution in [2.45, 2.75) is 43.4 Å². The maximum atomic E-state index is 14.1. The SMILES string of the molecule is OC1(c2ccc(-c3ccnc4[nH]cc(F)c34)cc2)C[C@H]2CC[C@@H](C1)N2. The second-order valence-electron chi connectivity index (χ2n) is 7.37. The standard InChI is InChI=1S/C20H20FN3O/c21-17-11-23-19-18(17)16(7-8-22-19)12-1-3-13(4-2-12)20(25)9-14-5-6-15(10-20)24-14/h1-4,7-8,11,14-15,24-25H,5-6,9-10H2,(H,22,23)/t14-,15+,20?. The number of hydrogen-bond acceptors (Lipinski definition) is 3. The van der Waals surface area contributed by atoms with Crippen LogP contribution in [0, 0.1) is 5.82 Å². The van der Waals surface area contributed by atoms with E-state index < -0.39 is 5.60 Å². The number of nitrogens with one attached hydrogen (secondary N) is 2. The van der Waals surface area contributed by atoms with Gasteiger partial charge in [0.15, 0.2) is 5.82 Å². The zero-order valence-electron chi connectivity index (χ0n) is 13.8. The normalized spacial score (nSPS) is 28.6. The summed E-state index contributed by atoms with van der Waals surface area (Å²) in [6.07, 6.45) is 6.83. The summed E-state index contributed by atoms with van der Waals surface area (Å²) in [6.45, 7) is 0. The summed E-state index contributed by atoms with van der Waals surface area (Å²) in [4.78, 5) is 7.02. The topological polar surface area (TPSA) is 60.9 Å². The van der Waals surface area contributed by atoms with Crippen LogP contribution in [0.3, 0.4) is 0 Å². The van der Waals surface area contributed by atoms with Gasteiger partial charge in [-0.05, 0) is 48.4 Å². The van der Waals surface area contributed by atoms with E-state index in [4.69, 9.17) is 0 Å². The number of halogens is 1. The Balaban J connectivity index is 1.52. The van der Waals surface area contributed by atoms with E-state index in [0.717, 1.165) is 42.4 Å². The number of hydrogen-bond donors (Lipinski definition) is 3. The number of H-pyrrole nitrogens is 1. The summed E-state index contributed by atoms with van der Waals surface area (Å²) >= 11 is 0. The van der Waals surface area contributed by atoms with Gasteiger partial charge in [-0.2, -0.15) is 0 Å². The van der Waals surface area contributed by atoms with Gasteiger partial charge < -0.3 is 15.4 Å². The number of rotatable bonds is 2. The zero-order chi connectivity index (χ0) is 17.0. The molecule has 2 saturated heterocycles. The van der Waals surface area contributed by atoms with Crippen molar-refractivity contribution in [3.05, 3.63) is 54.1 Å². The Morgan fingerprint density at radius 1 is 1.08 bits per heavy atom. The average Bonchev–Trinajstić information content (AvgIpc) is 3.18. The molecule has 2 aliphatic rings. The molecule has 25 heavy (non-hydrogen) atoms. The van der Waals surface area contributed by atoms with Crippen LogP contribution >= 0.6 is 0 Å². The molecule has 2 aromatic heterocycles. The molecule has 128 valence electrons. The lowest BCUT2D eigenvalue weighted by Gasteiger charge is -2.37. The van der Waals surface area contributed by atoms with Crippen LogP contribution in [0.1, 0.15) is 31.2 Å². The van der Waals surface area contributed by atoms with Gasteiger partial charge in [-0.15, -0.1) is 0 Å². The van der Waals surface area contributed by atoms with Crippen LogP contribution in [-0.2, 0) is 5.60 Å². The van der Waals surface area contributed by atoms with E-state index in [0.29, 0.717) is 23.1 Å². The number of piperidine rings is 1. The molecule has 3 atom stereocenters. The Hall–Kier alpha value is -2.24. The lowest BCUT2D eigenvalue weighted by molar-refractivity contribution is -0.0114. The number of pyridine rings is 1. The maximum Gasteiger partial charge on any atom is 0.150 e. The van der Waals surface area contributed by atoms with Crippen molar-refractivity contribution in [2.75, 3.05) is 0 Å². The molecular weight excluding hydrogens is 317 g/mol. The highest BCUT2D eigenvalue weighted by Gasteiger charge is 2.43. The van der Waals surface area contributed by atoms with E-state index in [9.17, 15) is 9.50 Å². The molecule has 2 bridgehead atoms. The summed E-state index contributed by atoms with van der Waals surface area (Å²) in [6, 6.07) is 10.6. The lowest BCUT2D eigenvalue weighted by atomic mass is 9.81. The third-order valence-electron chi connectivity index (χ3n) is 5.76. The Morgan fingerprint density at radius 2 is 1.80 bits per heavy atom.